The molecule has 30 heavy (non-hydrogen) atoms. The van der Waals surface area contributed by atoms with E-state index in [1.807, 2.05) is 36.4 Å². The summed E-state index contributed by atoms with van der Waals surface area (Å²) in [6, 6.07) is 28.0. The third-order valence-electron chi connectivity index (χ3n) is 5.82. The number of halogens is 1. The van der Waals surface area contributed by atoms with Gasteiger partial charge in [-0.25, -0.2) is 0 Å². The molecule has 3 aromatic carbocycles. The summed E-state index contributed by atoms with van der Waals surface area (Å²) < 4.78 is 7.17. The number of nitrogens with two attached hydrogens (primary N) is 1. The van der Waals surface area contributed by atoms with Crippen LogP contribution in [0.3, 0.4) is 0 Å². The molecule has 1 saturated carbocycles. The summed E-state index contributed by atoms with van der Waals surface area (Å²) in [5, 5.41) is 0. The smallest absolute Gasteiger partial charge is 0.127 e. The lowest BCUT2D eigenvalue weighted by Crippen LogP contribution is -2.40. The Morgan fingerprint density at radius 3 is 2.17 bits per heavy atom. The molecule has 0 saturated heterocycles. The first kappa shape index (κ1) is 21.1. The minimum absolute atomic E-state index is 0.360. The lowest BCUT2D eigenvalue weighted by atomic mass is 9.90. The highest BCUT2D eigenvalue weighted by atomic mass is 79.9. The Hall–Kier alpha value is -2.14. The van der Waals surface area contributed by atoms with E-state index in [4.69, 9.17) is 10.5 Å². The first-order chi connectivity index (χ1) is 14.7. The Balaban J connectivity index is 1.50. The average molecular weight is 465 g/mol. The van der Waals surface area contributed by atoms with E-state index in [1.54, 1.807) is 0 Å². The van der Waals surface area contributed by atoms with Gasteiger partial charge in [0, 0.05) is 29.6 Å². The van der Waals surface area contributed by atoms with E-state index >= 15 is 0 Å². The predicted octanol–water partition coefficient (Wildman–Crippen LogP) is 6.51. The normalized spacial score (nSPS) is 19.0. The number of nitrogens with zero attached hydrogens (tertiary/aromatic N) is 1. The highest BCUT2D eigenvalue weighted by Gasteiger charge is 2.24. The van der Waals surface area contributed by atoms with Gasteiger partial charge in [0.25, 0.3) is 0 Å². The topological polar surface area (TPSA) is 38.5 Å². The summed E-state index contributed by atoms with van der Waals surface area (Å²) in [6.07, 6.45) is 4.55. The van der Waals surface area contributed by atoms with Gasteiger partial charge in [-0.05, 0) is 73.2 Å². The van der Waals surface area contributed by atoms with Gasteiger partial charge < -0.3 is 10.5 Å². The molecular weight excluding hydrogens is 436 g/mol. The average Bonchev–Trinajstić information content (AvgIpc) is 2.76. The van der Waals surface area contributed by atoms with E-state index < -0.39 is 0 Å². The van der Waals surface area contributed by atoms with Crippen molar-refractivity contribution in [3.05, 3.63) is 94.5 Å². The Morgan fingerprint density at radius 1 is 0.767 bits per heavy atom. The molecule has 0 unspecified atom stereocenters. The summed E-state index contributed by atoms with van der Waals surface area (Å²) in [5.41, 5.74) is 8.78. The molecule has 0 aromatic heterocycles. The molecule has 0 atom stereocenters. The molecule has 1 aliphatic carbocycles. The van der Waals surface area contributed by atoms with E-state index in [1.165, 1.54) is 11.1 Å². The van der Waals surface area contributed by atoms with Crippen molar-refractivity contribution < 1.29 is 4.74 Å². The minimum Gasteiger partial charge on any atom is -0.457 e. The van der Waals surface area contributed by atoms with Gasteiger partial charge in [-0.15, -0.1) is 0 Å². The van der Waals surface area contributed by atoms with Gasteiger partial charge in [0.1, 0.15) is 11.5 Å². The van der Waals surface area contributed by atoms with Gasteiger partial charge in [0.2, 0.25) is 0 Å². The molecule has 156 valence electrons. The Morgan fingerprint density at radius 2 is 1.43 bits per heavy atom. The summed E-state index contributed by atoms with van der Waals surface area (Å²) in [7, 11) is 0. The molecule has 4 heteroatoms. The number of rotatable bonds is 7. The van der Waals surface area contributed by atoms with Gasteiger partial charge in [-0.3, -0.25) is 4.90 Å². The summed E-state index contributed by atoms with van der Waals surface area (Å²) in [4.78, 5) is 2.61. The van der Waals surface area contributed by atoms with Gasteiger partial charge in [-0.1, -0.05) is 58.4 Å². The lowest BCUT2D eigenvalue weighted by Gasteiger charge is -2.36. The van der Waals surface area contributed by atoms with Crippen molar-refractivity contribution in [1.29, 1.82) is 0 Å². The fourth-order valence-corrected chi connectivity index (χ4v) is 4.44. The van der Waals surface area contributed by atoms with E-state index in [-0.39, 0.29) is 0 Å². The van der Waals surface area contributed by atoms with Crippen LogP contribution in [0, 0.1) is 0 Å². The van der Waals surface area contributed by atoms with Gasteiger partial charge in [0.15, 0.2) is 0 Å². The van der Waals surface area contributed by atoms with Crippen molar-refractivity contribution >= 4 is 15.9 Å². The van der Waals surface area contributed by atoms with Gasteiger partial charge in [-0.2, -0.15) is 0 Å². The molecule has 0 aliphatic heterocycles. The fourth-order valence-electron chi connectivity index (χ4n) is 4.17. The van der Waals surface area contributed by atoms with Crippen LogP contribution in [0.1, 0.15) is 36.8 Å². The molecular formula is C26H29BrN2O. The van der Waals surface area contributed by atoms with Crippen molar-refractivity contribution in [2.75, 3.05) is 0 Å². The van der Waals surface area contributed by atoms with Gasteiger partial charge >= 0.3 is 0 Å². The van der Waals surface area contributed by atoms with Gasteiger partial charge in [0.05, 0.1) is 0 Å². The van der Waals surface area contributed by atoms with Crippen LogP contribution in [-0.2, 0) is 13.1 Å². The summed E-state index contributed by atoms with van der Waals surface area (Å²) in [5.74, 6) is 1.75. The monoisotopic (exact) mass is 464 g/mol. The molecule has 0 radical (unpaired) electrons. The van der Waals surface area contributed by atoms with E-state index in [0.29, 0.717) is 12.1 Å². The number of hydrogen-bond donors (Lipinski definition) is 1. The number of ether oxygens (including phenoxy) is 1. The molecule has 0 amide bonds. The number of para-hydroxylation sites is 1. The van der Waals surface area contributed by atoms with Crippen LogP contribution in [0.15, 0.2) is 83.3 Å². The largest absolute Gasteiger partial charge is 0.457 e. The van der Waals surface area contributed by atoms with Crippen LogP contribution in [0.4, 0.5) is 0 Å². The molecule has 2 N–H and O–H groups in total. The quantitative estimate of drug-likeness (QED) is 0.432. The third kappa shape index (κ3) is 5.94. The van der Waals surface area contributed by atoms with E-state index in [9.17, 15) is 0 Å². The zero-order valence-electron chi connectivity index (χ0n) is 17.2. The second kappa shape index (κ2) is 10.3. The second-order valence-electron chi connectivity index (χ2n) is 8.16. The zero-order valence-corrected chi connectivity index (χ0v) is 18.8. The minimum atomic E-state index is 0.360. The van der Waals surface area contributed by atoms with E-state index in [2.05, 4.69) is 63.3 Å². The SMILES string of the molecule is NC1CCC(N(Cc2ccc(Br)cc2)Cc2cccc(Oc3ccccc3)c2)CC1. The zero-order chi connectivity index (χ0) is 20.8. The Kier molecular flexibility index (Phi) is 7.21. The van der Waals surface area contributed by atoms with Crippen LogP contribution in [0.25, 0.3) is 0 Å². The van der Waals surface area contributed by atoms with Crippen LogP contribution in [0.2, 0.25) is 0 Å². The summed E-state index contributed by atoms with van der Waals surface area (Å²) in [6.45, 7) is 1.85. The number of benzene rings is 3. The molecule has 3 nitrogen and oxygen atoms in total. The Bertz CT molecular complexity index is 921. The molecule has 1 fully saturated rings. The molecule has 4 rings (SSSR count). The first-order valence-corrected chi connectivity index (χ1v) is 11.5. The molecule has 1 aliphatic rings. The third-order valence-corrected chi connectivity index (χ3v) is 6.35. The first-order valence-electron chi connectivity index (χ1n) is 10.7. The van der Waals surface area contributed by atoms with E-state index in [0.717, 1.165) is 54.7 Å². The van der Waals surface area contributed by atoms with Crippen LogP contribution >= 0.6 is 15.9 Å². The maximum absolute atomic E-state index is 6.17. The molecule has 3 aromatic rings. The number of hydrogen-bond acceptors (Lipinski definition) is 3. The van der Waals surface area contributed by atoms with Crippen LogP contribution in [0.5, 0.6) is 11.5 Å². The lowest BCUT2D eigenvalue weighted by molar-refractivity contribution is 0.134. The van der Waals surface area contributed by atoms with Crippen molar-refractivity contribution in [2.24, 2.45) is 5.73 Å². The highest BCUT2D eigenvalue weighted by molar-refractivity contribution is 9.10. The molecule has 0 spiro atoms. The van der Waals surface area contributed by atoms with Crippen molar-refractivity contribution in [3.8, 4) is 11.5 Å². The predicted molar refractivity (Wildman–Crippen MR) is 127 cm³/mol. The molecule has 0 heterocycles. The van der Waals surface area contributed by atoms with Crippen molar-refractivity contribution in [3.63, 3.8) is 0 Å². The molecule has 0 bridgehead atoms. The highest BCUT2D eigenvalue weighted by Crippen LogP contribution is 2.27. The Labute approximate surface area is 188 Å². The maximum atomic E-state index is 6.17. The fraction of sp³-hybridized carbons (Fsp3) is 0.308. The van der Waals surface area contributed by atoms with Crippen LogP contribution in [-0.4, -0.2) is 17.0 Å². The second-order valence-corrected chi connectivity index (χ2v) is 9.08. The van der Waals surface area contributed by atoms with Crippen molar-refractivity contribution in [2.45, 2.75) is 50.9 Å². The van der Waals surface area contributed by atoms with Crippen molar-refractivity contribution in [1.82, 2.24) is 4.90 Å². The maximum Gasteiger partial charge on any atom is 0.127 e. The summed E-state index contributed by atoms with van der Waals surface area (Å²) >= 11 is 3.54. The standard InChI is InChI=1S/C26H29BrN2O/c27-22-11-9-20(10-12-22)18-29(24-15-13-23(28)14-16-24)19-21-5-4-8-26(17-21)30-25-6-2-1-3-7-25/h1-12,17,23-24H,13-16,18-19,28H2. The van der Waals surface area contributed by atoms with Crippen LogP contribution < -0.4 is 10.5 Å².